The standard InChI is InChI=1S/C23H26N2O4/c1-27-22(17-28-21-8-3-2-4-9-21)18-29-23-15-19(16-25-13-6-12-24-25)10-11-20(23)7-5-14-26/h2-4,6,8-15,22H,5,7,16-18H2,1H3. The van der Waals surface area contributed by atoms with Crippen LogP contribution in [0.1, 0.15) is 17.5 Å². The molecule has 3 aromatic rings. The molecular weight excluding hydrogens is 368 g/mol. The number of ether oxygens (including phenoxy) is 3. The van der Waals surface area contributed by atoms with Gasteiger partial charge in [0, 0.05) is 25.9 Å². The first-order valence-electron chi connectivity index (χ1n) is 9.65. The van der Waals surface area contributed by atoms with Crippen molar-refractivity contribution in [2.75, 3.05) is 20.3 Å². The number of methoxy groups -OCH3 is 1. The van der Waals surface area contributed by atoms with E-state index in [-0.39, 0.29) is 6.10 Å². The highest BCUT2D eigenvalue weighted by molar-refractivity contribution is 5.51. The molecule has 1 aromatic heterocycles. The Labute approximate surface area is 171 Å². The van der Waals surface area contributed by atoms with E-state index < -0.39 is 0 Å². The number of nitrogens with zero attached hydrogens (tertiary/aromatic N) is 2. The van der Waals surface area contributed by atoms with E-state index in [0.717, 1.165) is 28.9 Å². The predicted molar refractivity (Wildman–Crippen MR) is 110 cm³/mol. The fraction of sp³-hybridized carbons (Fsp3) is 0.304. The van der Waals surface area contributed by atoms with E-state index in [9.17, 15) is 4.79 Å². The van der Waals surface area contributed by atoms with Crippen LogP contribution < -0.4 is 9.47 Å². The van der Waals surface area contributed by atoms with Gasteiger partial charge in [-0.2, -0.15) is 5.10 Å². The van der Waals surface area contributed by atoms with Crippen molar-refractivity contribution in [2.24, 2.45) is 0 Å². The zero-order valence-corrected chi connectivity index (χ0v) is 16.6. The number of para-hydroxylation sites is 1. The lowest BCUT2D eigenvalue weighted by molar-refractivity contribution is -0.107. The van der Waals surface area contributed by atoms with Gasteiger partial charge in [0.05, 0.1) is 6.54 Å². The molecular formula is C23H26N2O4. The van der Waals surface area contributed by atoms with Crippen molar-refractivity contribution in [3.05, 3.63) is 78.1 Å². The second-order valence-electron chi connectivity index (χ2n) is 6.64. The molecule has 1 atom stereocenters. The second-order valence-corrected chi connectivity index (χ2v) is 6.64. The van der Waals surface area contributed by atoms with Crippen LogP contribution in [-0.2, 0) is 22.5 Å². The van der Waals surface area contributed by atoms with E-state index in [2.05, 4.69) is 5.10 Å². The van der Waals surface area contributed by atoms with Crippen molar-refractivity contribution < 1.29 is 19.0 Å². The Morgan fingerprint density at radius 2 is 1.90 bits per heavy atom. The molecule has 3 rings (SSSR count). The summed E-state index contributed by atoms with van der Waals surface area (Å²) in [6, 6.07) is 17.6. The molecule has 0 saturated heterocycles. The molecule has 0 aliphatic carbocycles. The molecule has 6 heteroatoms. The summed E-state index contributed by atoms with van der Waals surface area (Å²) in [6.45, 7) is 1.39. The Bertz CT molecular complexity index is 866. The molecule has 1 unspecified atom stereocenters. The summed E-state index contributed by atoms with van der Waals surface area (Å²) in [7, 11) is 1.64. The first-order chi connectivity index (χ1) is 14.3. The number of hydrogen-bond acceptors (Lipinski definition) is 5. The number of aromatic nitrogens is 2. The minimum absolute atomic E-state index is 0.219. The first-order valence-corrected chi connectivity index (χ1v) is 9.65. The van der Waals surface area contributed by atoms with E-state index >= 15 is 0 Å². The maximum atomic E-state index is 10.8. The Balaban J connectivity index is 1.64. The Morgan fingerprint density at radius 1 is 1.07 bits per heavy atom. The number of hydrogen-bond donors (Lipinski definition) is 0. The van der Waals surface area contributed by atoms with E-state index in [1.807, 2.05) is 65.5 Å². The highest BCUT2D eigenvalue weighted by atomic mass is 16.6. The molecule has 0 spiro atoms. The highest BCUT2D eigenvalue weighted by Crippen LogP contribution is 2.23. The molecule has 0 fully saturated rings. The van der Waals surface area contributed by atoms with Crippen molar-refractivity contribution in [3.63, 3.8) is 0 Å². The third-order valence-electron chi connectivity index (χ3n) is 4.50. The van der Waals surface area contributed by atoms with Gasteiger partial charge in [-0.15, -0.1) is 0 Å². The Kier molecular flexibility index (Phi) is 7.83. The van der Waals surface area contributed by atoms with Crippen molar-refractivity contribution in [1.29, 1.82) is 0 Å². The van der Waals surface area contributed by atoms with Gasteiger partial charge in [0.1, 0.15) is 37.1 Å². The van der Waals surface area contributed by atoms with E-state index in [1.165, 1.54) is 0 Å². The molecule has 2 aromatic carbocycles. The van der Waals surface area contributed by atoms with Crippen LogP contribution in [0.4, 0.5) is 0 Å². The first kappa shape index (κ1) is 20.6. The minimum atomic E-state index is -0.219. The third-order valence-corrected chi connectivity index (χ3v) is 4.50. The van der Waals surface area contributed by atoms with Gasteiger partial charge in [0.15, 0.2) is 0 Å². The SMILES string of the molecule is COC(COc1ccccc1)COc1cc(Cn2cccn2)ccc1CCC=O. The smallest absolute Gasteiger partial charge is 0.125 e. The number of carbonyl (C=O) groups excluding carboxylic acids is 1. The van der Waals surface area contributed by atoms with Gasteiger partial charge in [-0.1, -0.05) is 30.3 Å². The summed E-state index contributed by atoms with van der Waals surface area (Å²) in [5.41, 5.74) is 2.08. The molecule has 0 bridgehead atoms. The maximum absolute atomic E-state index is 10.8. The number of carbonyl (C=O) groups is 1. The van der Waals surface area contributed by atoms with E-state index in [1.54, 1.807) is 13.3 Å². The number of aldehydes is 1. The van der Waals surface area contributed by atoms with Gasteiger partial charge in [-0.05, 0) is 41.8 Å². The van der Waals surface area contributed by atoms with Crippen LogP contribution in [-0.4, -0.2) is 42.5 Å². The average molecular weight is 394 g/mol. The van der Waals surface area contributed by atoms with Crippen LogP contribution in [0.15, 0.2) is 67.0 Å². The lowest BCUT2D eigenvalue weighted by Gasteiger charge is -2.19. The summed E-state index contributed by atoms with van der Waals surface area (Å²) in [5, 5.41) is 4.25. The lowest BCUT2D eigenvalue weighted by Crippen LogP contribution is -2.27. The monoisotopic (exact) mass is 394 g/mol. The zero-order chi connectivity index (χ0) is 20.3. The maximum Gasteiger partial charge on any atom is 0.125 e. The molecule has 0 amide bonds. The van der Waals surface area contributed by atoms with Crippen molar-refractivity contribution in [1.82, 2.24) is 9.78 Å². The van der Waals surface area contributed by atoms with Crippen LogP contribution in [0.3, 0.4) is 0 Å². The molecule has 1 heterocycles. The van der Waals surface area contributed by atoms with Crippen LogP contribution in [0.25, 0.3) is 0 Å². The predicted octanol–water partition coefficient (Wildman–Crippen LogP) is 3.54. The quantitative estimate of drug-likeness (QED) is 0.440. The van der Waals surface area contributed by atoms with Gasteiger partial charge in [0.2, 0.25) is 0 Å². The van der Waals surface area contributed by atoms with Crippen LogP contribution >= 0.6 is 0 Å². The van der Waals surface area contributed by atoms with Gasteiger partial charge >= 0.3 is 0 Å². The molecule has 0 radical (unpaired) electrons. The number of aryl methyl sites for hydroxylation is 1. The van der Waals surface area contributed by atoms with Crippen molar-refractivity contribution >= 4 is 6.29 Å². The third kappa shape index (κ3) is 6.47. The van der Waals surface area contributed by atoms with Crippen LogP contribution in [0.2, 0.25) is 0 Å². The summed E-state index contributed by atoms with van der Waals surface area (Å²) in [5.74, 6) is 1.56. The molecule has 0 aliphatic rings. The molecule has 152 valence electrons. The fourth-order valence-corrected chi connectivity index (χ4v) is 2.91. The van der Waals surface area contributed by atoms with Crippen molar-refractivity contribution in [3.8, 4) is 11.5 Å². The summed E-state index contributed by atoms with van der Waals surface area (Å²) >= 11 is 0. The summed E-state index contributed by atoms with van der Waals surface area (Å²) in [6.07, 6.45) is 5.48. The van der Waals surface area contributed by atoms with Gasteiger partial charge < -0.3 is 19.0 Å². The van der Waals surface area contributed by atoms with Gasteiger partial charge in [-0.3, -0.25) is 4.68 Å². The van der Waals surface area contributed by atoms with Gasteiger partial charge in [-0.25, -0.2) is 0 Å². The number of benzene rings is 2. The van der Waals surface area contributed by atoms with E-state index in [0.29, 0.717) is 32.6 Å². The van der Waals surface area contributed by atoms with Gasteiger partial charge in [0.25, 0.3) is 0 Å². The molecule has 0 N–H and O–H groups in total. The Hall–Kier alpha value is -3.12. The molecule has 29 heavy (non-hydrogen) atoms. The zero-order valence-electron chi connectivity index (χ0n) is 16.6. The van der Waals surface area contributed by atoms with Crippen LogP contribution in [0, 0.1) is 0 Å². The van der Waals surface area contributed by atoms with Crippen molar-refractivity contribution in [2.45, 2.75) is 25.5 Å². The second kappa shape index (κ2) is 11.0. The lowest BCUT2D eigenvalue weighted by atomic mass is 10.1. The largest absolute Gasteiger partial charge is 0.491 e. The normalized spacial score (nSPS) is 11.8. The highest BCUT2D eigenvalue weighted by Gasteiger charge is 2.13. The molecule has 0 saturated carbocycles. The molecule has 6 nitrogen and oxygen atoms in total. The Morgan fingerprint density at radius 3 is 2.62 bits per heavy atom. The minimum Gasteiger partial charge on any atom is -0.491 e. The summed E-state index contributed by atoms with van der Waals surface area (Å²) in [4.78, 5) is 10.8. The topological polar surface area (TPSA) is 62.6 Å². The van der Waals surface area contributed by atoms with Crippen LogP contribution in [0.5, 0.6) is 11.5 Å². The summed E-state index contributed by atoms with van der Waals surface area (Å²) < 4.78 is 19.2. The average Bonchev–Trinajstić information content (AvgIpc) is 3.27. The fourth-order valence-electron chi connectivity index (χ4n) is 2.91. The number of rotatable bonds is 12. The van der Waals surface area contributed by atoms with E-state index in [4.69, 9.17) is 14.2 Å². The molecule has 0 aliphatic heterocycles.